The van der Waals surface area contributed by atoms with Gasteiger partial charge in [-0.3, -0.25) is 19.8 Å². The number of Topliss-reactive ketones (excluding diaryl/α,β-unsaturated/α-hetero) is 2. The normalized spacial score (nSPS) is 19.6. The SMILES string of the molecule is CC(=O)C[C@@H]1NCCN([C@@H](CCCNC(=N)N)C(C)=O)C1=O. The average Bonchev–Trinajstić information content (AvgIpc) is 2.41. The third-order valence-corrected chi connectivity index (χ3v) is 3.63. The molecule has 1 heterocycles. The summed E-state index contributed by atoms with van der Waals surface area (Å²) in [5.41, 5.74) is 5.20. The van der Waals surface area contributed by atoms with Crippen LogP contribution in [0.5, 0.6) is 0 Å². The van der Waals surface area contributed by atoms with Gasteiger partial charge in [-0.2, -0.15) is 0 Å². The van der Waals surface area contributed by atoms with Gasteiger partial charge in [0, 0.05) is 26.1 Å². The molecule has 0 radical (unpaired) electrons. The fourth-order valence-corrected chi connectivity index (χ4v) is 2.61. The second-order valence-corrected chi connectivity index (χ2v) is 5.55. The van der Waals surface area contributed by atoms with Crippen LogP contribution in [0.1, 0.15) is 33.1 Å². The third-order valence-electron chi connectivity index (χ3n) is 3.63. The second-order valence-electron chi connectivity index (χ2n) is 5.55. The fourth-order valence-electron chi connectivity index (χ4n) is 2.61. The van der Waals surface area contributed by atoms with Gasteiger partial charge in [0.15, 0.2) is 11.7 Å². The van der Waals surface area contributed by atoms with Crippen molar-refractivity contribution in [1.82, 2.24) is 15.5 Å². The molecule has 0 aliphatic carbocycles. The Kier molecular flexibility index (Phi) is 6.97. The maximum Gasteiger partial charge on any atom is 0.240 e. The molecule has 8 nitrogen and oxygen atoms in total. The first-order valence-corrected chi connectivity index (χ1v) is 7.44. The Morgan fingerprint density at radius 2 is 2.18 bits per heavy atom. The highest BCUT2D eigenvalue weighted by atomic mass is 16.2. The molecule has 0 bridgehead atoms. The highest BCUT2D eigenvalue weighted by Gasteiger charge is 2.34. The number of nitrogens with zero attached hydrogens (tertiary/aromatic N) is 1. The van der Waals surface area contributed by atoms with E-state index in [1.807, 2.05) is 0 Å². The Morgan fingerprint density at radius 3 is 2.73 bits per heavy atom. The maximum absolute atomic E-state index is 12.4. The molecule has 124 valence electrons. The van der Waals surface area contributed by atoms with E-state index < -0.39 is 12.1 Å². The lowest BCUT2D eigenvalue weighted by atomic mass is 10.0. The molecule has 5 N–H and O–H groups in total. The van der Waals surface area contributed by atoms with Crippen LogP contribution in [0.4, 0.5) is 0 Å². The molecule has 1 rings (SSSR count). The molecule has 0 aromatic heterocycles. The first kappa shape index (κ1) is 18.1. The van der Waals surface area contributed by atoms with Gasteiger partial charge in [0.1, 0.15) is 5.78 Å². The Morgan fingerprint density at radius 1 is 1.50 bits per heavy atom. The lowest BCUT2D eigenvalue weighted by Gasteiger charge is -2.37. The number of ketones is 2. The maximum atomic E-state index is 12.4. The Hall–Kier alpha value is -1.96. The lowest BCUT2D eigenvalue weighted by molar-refractivity contribution is -0.144. The standard InChI is InChI=1S/C14H25N5O3/c1-9(20)8-11-13(22)19(7-6-17-11)12(10(2)21)4-3-5-18-14(15)16/h11-12,17H,3-8H2,1-2H3,(H4,15,16,18)/t11-,12-/m0/s1. The summed E-state index contributed by atoms with van der Waals surface area (Å²) < 4.78 is 0. The zero-order valence-electron chi connectivity index (χ0n) is 13.1. The van der Waals surface area contributed by atoms with Gasteiger partial charge in [0.25, 0.3) is 0 Å². The monoisotopic (exact) mass is 311 g/mol. The molecule has 22 heavy (non-hydrogen) atoms. The molecular weight excluding hydrogens is 286 g/mol. The summed E-state index contributed by atoms with van der Waals surface area (Å²) in [6, 6.07) is -1.03. The summed E-state index contributed by atoms with van der Waals surface area (Å²) in [7, 11) is 0. The molecule has 1 amide bonds. The third kappa shape index (κ3) is 5.44. The van der Waals surface area contributed by atoms with Crippen LogP contribution in [-0.2, 0) is 14.4 Å². The molecule has 1 aliphatic heterocycles. The number of carbonyl (C=O) groups excluding carboxylic acids is 3. The number of carbonyl (C=O) groups is 3. The summed E-state index contributed by atoms with van der Waals surface area (Å²) in [5.74, 6) is -0.433. The first-order valence-electron chi connectivity index (χ1n) is 7.44. The van der Waals surface area contributed by atoms with Crippen LogP contribution >= 0.6 is 0 Å². The Balaban J connectivity index is 2.65. The molecule has 1 aliphatic rings. The van der Waals surface area contributed by atoms with E-state index in [0.717, 1.165) is 0 Å². The number of nitrogens with one attached hydrogen (secondary N) is 3. The van der Waals surface area contributed by atoms with E-state index in [1.165, 1.54) is 13.8 Å². The molecule has 0 aromatic rings. The predicted molar refractivity (Wildman–Crippen MR) is 82.4 cm³/mol. The van der Waals surface area contributed by atoms with Crippen molar-refractivity contribution in [2.45, 2.75) is 45.2 Å². The van der Waals surface area contributed by atoms with Crippen LogP contribution in [0.2, 0.25) is 0 Å². The molecule has 2 atom stereocenters. The highest BCUT2D eigenvalue weighted by molar-refractivity contribution is 5.92. The molecule has 0 aromatic carbocycles. The predicted octanol–water partition coefficient (Wildman–Crippen LogP) is -1.01. The quantitative estimate of drug-likeness (QED) is 0.258. The van der Waals surface area contributed by atoms with Crippen LogP contribution in [0, 0.1) is 5.41 Å². The van der Waals surface area contributed by atoms with Crippen LogP contribution in [-0.4, -0.2) is 60.1 Å². The summed E-state index contributed by atoms with van der Waals surface area (Å²) in [4.78, 5) is 37.1. The Bertz CT molecular complexity index is 452. The second kappa shape index (κ2) is 8.47. The van der Waals surface area contributed by atoms with Gasteiger partial charge in [0.05, 0.1) is 12.1 Å². The number of hydrogen-bond donors (Lipinski definition) is 4. The van der Waals surface area contributed by atoms with Gasteiger partial charge in [-0.05, 0) is 26.7 Å². The van der Waals surface area contributed by atoms with E-state index in [9.17, 15) is 14.4 Å². The van der Waals surface area contributed by atoms with Gasteiger partial charge < -0.3 is 21.3 Å². The van der Waals surface area contributed by atoms with Crippen LogP contribution in [0.3, 0.4) is 0 Å². The van der Waals surface area contributed by atoms with E-state index in [1.54, 1.807) is 4.90 Å². The van der Waals surface area contributed by atoms with Gasteiger partial charge in [-0.1, -0.05) is 0 Å². The summed E-state index contributed by atoms with van der Waals surface area (Å²) in [5, 5.41) is 12.8. The number of guanidine groups is 1. The molecule has 8 heteroatoms. The van der Waals surface area contributed by atoms with Crippen molar-refractivity contribution in [3.63, 3.8) is 0 Å². The largest absolute Gasteiger partial charge is 0.370 e. The lowest BCUT2D eigenvalue weighted by Crippen LogP contribution is -2.59. The van der Waals surface area contributed by atoms with Gasteiger partial charge >= 0.3 is 0 Å². The molecular formula is C14H25N5O3. The van der Waals surface area contributed by atoms with Crippen LogP contribution < -0.4 is 16.4 Å². The number of amides is 1. The Labute approximate surface area is 130 Å². The smallest absolute Gasteiger partial charge is 0.240 e. The minimum absolute atomic E-state index is 0.0577. The van der Waals surface area contributed by atoms with Crippen molar-refractivity contribution < 1.29 is 14.4 Å². The topological polar surface area (TPSA) is 128 Å². The average molecular weight is 311 g/mol. The summed E-state index contributed by atoms with van der Waals surface area (Å²) >= 11 is 0. The van der Waals surface area contributed by atoms with Crippen molar-refractivity contribution in [2.24, 2.45) is 5.73 Å². The number of nitrogens with two attached hydrogens (primary N) is 1. The van der Waals surface area contributed by atoms with E-state index in [4.69, 9.17) is 11.1 Å². The zero-order chi connectivity index (χ0) is 16.7. The zero-order valence-corrected chi connectivity index (χ0v) is 13.1. The highest BCUT2D eigenvalue weighted by Crippen LogP contribution is 2.14. The van der Waals surface area contributed by atoms with Gasteiger partial charge in [0.2, 0.25) is 5.91 Å². The summed E-state index contributed by atoms with van der Waals surface area (Å²) in [6.45, 7) is 4.43. The number of hydrogen-bond acceptors (Lipinski definition) is 5. The molecule has 1 fully saturated rings. The molecule has 0 unspecified atom stereocenters. The van der Waals surface area contributed by atoms with Crippen LogP contribution in [0.25, 0.3) is 0 Å². The van der Waals surface area contributed by atoms with Crippen molar-refractivity contribution >= 4 is 23.4 Å². The van der Waals surface area contributed by atoms with Gasteiger partial charge in [-0.25, -0.2) is 0 Å². The van der Waals surface area contributed by atoms with E-state index in [0.29, 0.717) is 32.5 Å². The molecule has 1 saturated heterocycles. The summed E-state index contributed by atoms with van der Waals surface area (Å²) in [6.07, 6.45) is 1.28. The molecule has 0 spiro atoms. The van der Waals surface area contributed by atoms with Crippen molar-refractivity contribution in [3.8, 4) is 0 Å². The van der Waals surface area contributed by atoms with Crippen molar-refractivity contribution in [1.29, 1.82) is 5.41 Å². The van der Waals surface area contributed by atoms with Crippen LogP contribution in [0.15, 0.2) is 0 Å². The fraction of sp³-hybridized carbons (Fsp3) is 0.714. The van der Waals surface area contributed by atoms with E-state index in [2.05, 4.69) is 10.6 Å². The van der Waals surface area contributed by atoms with Crippen molar-refractivity contribution in [3.05, 3.63) is 0 Å². The number of piperazine rings is 1. The minimum atomic E-state index is -0.538. The minimum Gasteiger partial charge on any atom is -0.370 e. The first-order chi connectivity index (χ1) is 10.3. The number of rotatable bonds is 8. The van der Waals surface area contributed by atoms with E-state index >= 15 is 0 Å². The molecule has 0 saturated carbocycles. The van der Waals surface area contributed by atoms with E-state index in [-0.39, 0.29) is 29.9 Å². The van der Waals surface area contributed by atoms with Crippen molar-refractivity contribution in [2.75, 3.05) is 19.6 Å². The van der Waals surface area contributed by atoms with Gasteiger partial charge in [-0.15, -0.1) is 0 Å².